The Morgan fingerprint density at radius 2 is 1.91 bits per heavy atom. The highest BCUT2D eigenvalue weighted by molar-refractivity contribution is 7.89. The van der Waals surface area contributed by atoms with E-state index in [1.165, 1.54) is 0 Å². The lowest BCUT2D eigenvalue weighted by molar-refractivity contribution is 0.0905. The molecule has 0 atom stereocenters. The minimum atomic E-state index is -3.73. The van der Waals surface area contributed by atoms with Crippen LogP contribution in [0.15, 0.2) is 39.8 Å². The van der Waals surface area contributed by atoms with E-state index in [0.717, 1.165) is 5.76 Å². The molecule has 1 heterocycles. The second-order valence-electron chi connectivity index (χ2n) is 5.21. The van der Waals surface area contributed by atoms with Crippen molar-refractivity contribution in [3.8, 4) is 5.75 Å². The Bertz CT molecular complexity index is 715. The molecule has 0 bridgehead atoms. The summed E-state index contributed by atoms with van der Waals surface area (Å²) in [6.07, 6.45) is 2.94. The smallest absolute Gasteiger partial charge is 0.262 e. The lowest BCUT2D eigenvalue weighted by Gasteiger charge is -2.13. The predicted octanol–water partition coefficient (Wildman–Crippen LogP) is 2.75. The molecule has 0 saturated heterocycles. The third-order valence-corrected chi connectivity index (χ3v) is 4.88. The minimum Gasteiger partial charge on any atom is -0.497 e. The second-order valence-corrected chi connectivity index (χ2v) is 6.79. The number of ether oxygens (including phenoxy) is 1. The monoisotopic (exact) mass is 339 g/mol. The molecule has 1 N–H and O–H groups in total. The first kappa shape index (κ1) is 17.5. The number of sulfonamides is 1. The van der Waals surface area contributed by atoms with Gasteiger partial charge in [0.2, 0.25) is 0 Å². The summed E-state index contributed by atoms with van der Waals surface area (Å²) in [5.74, 6) is 1.47. The van der Waals surface area contributed by atoms with Crippen LogP contribution in [-0.4, -0.2) is 22.1 Å². The molecule has 0 aliphatic carbocycles. The Hall–Kier alpha value is -1.83. The molecule has 0 spiro atoms. The molecule has 0 fully saturated rings. The first-order valence-electron chi connectivity index (χ1n) is 7.25. The molecule has 23 heavy (non-hydrogen) atoms. The van der Waals surface area contributed by atoms with Crippen molar-refractivity contribution < 1.29 is 22.4 Å². The Morgan fingerprint density at radius 1 is 1.22 bits per heavy atom. The molecule has 1 aromatic heterocycles. The third-order valence-electron chi connectivity index (χ3n) is 3.36. The van der Waals surface area contributed by atoms with Gasteiger partial charge in [-0.3, -0.25) is 4.84 Å². The SMILES string of the molecule is COc1cc(C)c(S(=O)(=O)NOCCCc2ccco2)c(C)c1. The van der Waals surface area contributed by atoms with Crippen LogP contribution in [0.5, 0.6) is 5.75 Å². The van der Waals surface area contributed by atoms with Gasteiger partial charge in [0.05, 0.1) is 24.9 Å². The zero-order chi connectivity index (χ0) is 16.9. The van der Waals surface area contributed by atoms with E-state index in [1.54, 1.807) is 39.4 Å². The fraction of sp³-hybridized carbons (Fsp3) is 0.375. The van der Waals surface area contributed by atoms with Crippen LogP contribution in [0.4, 0.5) is 0 Å². The van der Waals surface area contributed by atoms with Crippen LogP contribution in [0.25, 0.3) is 0 Å². The number of hydrogen-bond acceptors (Lipinski definition) is 5. The summed E-state index contributed by atoms with van der Waals surface area (Å²) in [7, 11) is -2.19. The fourth-order valence-electron chi connectivity index (χ4n) is 2.39. The van der Waals surface area contributed by atoms with Crippen molar-refractivity contribution in [1.82, 2.24) is 4.89 Å². The summed E-state index contributed by atoms with van der Waals surface area (Å²) in [4.78, 5) is 7.49. The van der Waals surface area contributed by atoms with Gasteiger partial charge in [-0.2, -0.15) is 0 Å². The highest BCUT2D eigenvalue weighted by Crippen LogP contribution is 2.25. The van der Waals surface area contributed by atoms with Crippen LogP contribution in [-0.2, 0) is 21.3 Å². The number of hydrogen-bond donors (Lipinski definition) is 1. The summed E-state index contributed by atoms with van der Waals surface area (Å²) in [6.45, 7) is 3.70. The Balaban J connectivity index is 1.94. The molecule has 7 heteroatoms. The van der Waals surface area contributed by atoms with E-state index in [0.29, 0.717) is 29.7 Å². The summed E-state index contributed by atoms with van der Waals surface area (Å²) < 4.78 is 35.1. The van der Waals surface area contributed by atoms with Crippen LogP contribution in [0.1, 0.15) is 23.3 Å². The van der Waals surface area contributed by atoms with Crippen molar-refractivity contribution in [2.45, 2.75) is 31.6 Å². The molecule has 6 nitrogen and oxygen atoms in total. The molecule has 1 aromatic carbocycles. The van der Waals surface area contributed by atoms with Crippen LogP contribution in [0, 0.1) is 13.8 Å². The molecule has 126 valence electrons. The van der Waals surface area contributed by atoms with E-state index in [4.69, 9.17) is 14.0 Å². The number of rotatable bonds is 8. The maximum absolute atomic E-state index is 12.4. The largest absolute Gasteiger partial charge is 0.497 e. The van der Waals surface area contributed by atoms with E-state index < -0.39 is 10.0 Å². The van der Waals surface area contributed by atoms with Gasteiger partial charge in [0, 0.05) is 6.42 Å². The molecular formula is C16H21NO5S. The number of nitrogens with one attached hydrogen (secondary N) is 1. The quantitative estimate of drug-likeness (QED) is 0.591. The predicted molar refractivity (Wildman–Crippen MR) is 85.8 cm³/mol. The van der Waals surface area contributed by atoms with Gasteiger partial charge >= 0.3 is 0 Å². The molecule has 0 aliphatic rings. The summed E-state index contributed by atoms with van der Waals surface area (Å²) >= 11 is 0. The lowest BCUT2D eigenvalue weighted by Crippen LogP contribution is -2.26. The van der Waals surface area contributed by atoms with Crippen LogP contribution < -0.4 is 9.62 Å². The van der Waals surface area contributed by atoms with Gasteiger partial charge in [-0.25, -0.2) is 8.42 Å². The van der Waals surface area contributed by atoms with E-state index in [1.807, 2.05) is 12.1 Å². The minimum absolute atomic E-state index is 0.212. The van der Waals surface area contributed by atoms with Gasteiger partial charge in [0.15, 0.2) is 0 Å². The zero-order valence-corrected chi connectivity index (χ0v) is 14.3. The highest BCUT2D eigenvalue weighted by atomic mass is 32.2. The maximum atomic E-state index is 12.4. The zero-order valence-electron chi connectivity index (χ0n) is 13.5. The standard InChI is InChI=1S/C16H21NO5S/c1-12-10-15(20-3)11-13(2)16(12)23(18,19)17-22-9-5-7-14-6-4-8-21-14/h4,6,8,10-11,17H,5,7,9H2,1-3H3. The number of aryl methyl sites for hydroxylation is 3. The maximum Gasteiger partial charge on any atom is 0.262 e. The van der Waals surface area contributed by atoms with Crippen molar-refractivity contribution in [2.24, 2.45) is 0 Å². The van der Waals surface area contributed by atoms with E-state index in [-0.39, 0.29) is 11.5 Å². The Morgan fingerprint density at radius 3 is 2.48 bits per heavy atom. The first-order valence-corrected chi connectivity index (χ1v) is 8.73. The van der Waals surface area contributed by atoms with Crippen LogP contribution in [0.3, 0.4) is 0 Å². The summed E-state index contributed by atoms with van der Waals surface area (Å²) in [5, 5.41) is 0. The molecule has 0 radical (unpaired) electrons. The third kappa shape index (κ3) is 4.57. The number of methoxy groups -OCH3 is 1. The van der Waals surface area contributed by atoms with Gasteiger partial charge in [-0.15, -0.1) is 0 Å². The molecule has 2 aromatic rings. The molecule has 0 saturated carbocycles. The van der Waals surface area contributed by atoms with Crippen LogP contribution in [0.2, 0.25) is 0 Å². The van der Waals surface area contributed by atoms with Gasteiger partial charge in [-0.1, -0.05) is 4.89 Å². The van der Waals surface area contributed by atoms with Crippen molar-refractivity contribution in [3.63, 3.8) is 0 Å². The number of furan rings is 1. The molecule has 2 rings (SSSR count). The molecule has 0 unspecified atom stereocenters. The Kier molecular flexibility index (Phi) is 5.81. The number of benzene rings is 1. The fourth-order valence-corrected chi connectivity index (χ4v) is 3.67. The Labute approximate surface area is 136 Å². The molecule has 0 aliphatic heterocycles. The summed E-state index contributed by atoms with van der Waals surface area (Å²) in [6, 6.07) is 7.04. The first-order chi connectivity index (χ1) is 10.9. The average Bonchev–Trinajstić information content (AvgIpc) is 2.98. The van der Waals surface area contributed by atoms with Gasteiger partial charge in [0.25, 0.3) is 10.0 Å². The normalized spacial score (nSPS) is 11.6. The molecule has 0 amide bonds. The van der Waals surface area contributed by atoms with Crippen molar-refractivity contribution in [2.75, 3.05) is 13.7 Å². The topological polar surface area (TPSA) is 77.8 Å². The lowest BCUT2D eigenvalue weighted by atomic mass is 10.1. The van der Waals surface area contributed by atoms with Gasteiger partial charge < -0.3 is 9.15 Å². The molecular weight excluding hydrogens is 318 g/mol. The van der Waals surface area contributed by atoms with Gasteiger partial charge in [-0.05, 0) is 55.7 Å². The van der Waals surface area contributed by atoms with Gasteiger partial charge in [0.1, 0.15) is 11.5 Å². The average molecular weight is 339 g/mol. The van der Waals surface area contributed by atoms with Crippen molar-refractivity contribution >= 4 is 10.0 Å². The second kappa shape index (κ2) is 7.63. The van der Waals surface area contributed by atoms with E-state index >= 15 is 0 Å². The summed E-state index contributed by atoms with van der Waals surface area (Å²) in [5.41, 5.74) is 1.21. The van der Waals surface area contributed by atoms with Crippen LogP contribution >= 0.6 is 0 Å². The van der Waals surface area contributed by atoms with Crippen molar-refractivity contribution in [3.05, 3.63) is 47.4 Å². The van der Waals surface area contributed by atoms with E-state index in [2.05, 4.69) is 4.89 Å². The van der Waals surface area contributed by atoms with E-state index in [9.17, 15) is 8.42 Å². The van der Waals surface area contributed by atoms with Crippen molar-refractivity contribution in [1.29, 1.82) is 0 Å². The highest BCUT2D eigenvalue weighted by Gasteiger charge is 2.20.